The van der Waals surface area contributed by atoms with Crippen molar-refractivity contribution in [3.05, 3.63) is 29.3 Å². The number of hydrogen-bond donors (Lipinski definition) is 2. The third kappa shape index (κ3) is 3.66. The van der Waals surface area contributed by atoms with E-state index in [1.807, 2.05) is 19.1 Å². The van der Waals surface area contributed by atoms with E-state index in [1.165, 1.54) is 11.8 Å². The number of carbonyl (C=O) groups is 1. The smallest absolute Gasteiger partial charge is 0.150 e. The van der Waals surface area contributed by atoms with Crippen LogP contribution in [0.3, 0.4) is 0 Å². The minimum Gasteiger partial charge on any atom is -0.394 e. The maximum Gasteiger partial charge on any atom is 0.150 e. The molecule has 0 aliphatic rings. The Morgan fingerprint density at radius 2 is 2.27 bits per heavy atom. The van der Waals surface area contributed by atoms with Gasteiger partial charge in [-0.2, -0.15) is 0 Å². The van der Waals surface area contributed by atoms with E-state index < -0.39 is 6.10 Å². The maximum absolute atomic E-state index is 10.6. The molecule has 0 saturated carbocycles. The van der Waals surface area contributed by atoms with Crippen molar-refractivity contribution >= 4 is 18.0 Å². The van der Waals surface area contributed by atoms with Crippen molar-refractivity contribution in [3.8, 4) is 0 Å². The average Bonchev–Trinajstić information content (AvgIpc) is 2.26. The van der Waals surface area contributed by atoms with Crippen molar-refractivity contribution in [3.63, 3.8) is 0 Å². The topological polar surface area (TPSA) is 57.5 Å². The molecule has 0 heterocycles. The van der Waals surface area contributed by atoms with Gasteiger partial charge in [0, 0.05) is 16.2 Å². The summed E-state index contributed by atoms with van der Waals surface area (Å²) in [6.45, 7) is 1.65. The van der Waals surface area contributed by atoms with Gasteiger partial charge in [-0.15, -0.1) is 11.8 Å². The first-order valence-electron chi connectivity index (χ1n) is 4.65. The molecule has 1 unspecified atom stereocenters. The van der Waals surface area contributed by atoms with Gasteiger partial charge in [-0.1, -0.05) is 6.07 Å². The van der Waals surface area contributed by atoms with Gasteiger partial charge in [-0.25, -0.2) is 0 Å². The molecule has 3 nitrogen and oxygen atoms in total. The second-order valence-electron chi connectivity index (χ2n) is 3.28. The van der Waals surface area contributed by atoms with Crippen LogP contribution < -0.4 is 0 Å². The quantitative estimate of drug-likeness (QED) is 0.586. The molecule has 0 aliphatic heterocycles. The lowest BCUT2D eigenvalue weighted by Gasteiger charge is -2.07. The second kappa shape index (κ2) is 5.90. The monoisotopic (exact) mass is 226 g/mol. The van der Waals surface area contributed by atoms with Crippen molar-refractivity contribution in [2.45, 2.75) is 17.9 Å². The van der Waals surface area contributed by atoms with Crippen LogP contribution in [-0.4, -0.2) is 35.0 Å². The zero-order valence-electron chi connectivity index (χ0n) is 8.51. The van der Waals surface area contributed by atoms with E-state index in [9.17, 15) is 4.79 Å². The highest BCUT2D eigenvalue weighted by molar-refractivity contribution is 7.99. The standard InChI is InChI=1S/C11H14O3S/c1-8-4-11(3-2-9(8)5-12)15-7-10(14)6-13/h2-5,10,13-14H,6-7H2,1H3. The summed E-state index contributed by atoms with van der Waals surface area (Å²) in [7, 11) is 0. The van der Waals surface area contributed by atoms with E-state index in [4.69, 9.17) is 10.2 Å². The minimum atomic E-state index is -0.693. The fourth-order valence-electron chi connectivity index (χ4n) is 1.12. The highest BCUT2D eigenvalue weighted by Gasteiger charge is 2.04. The van der Waals surface area contributed by atoms with Gasteiger partial charge in [0.1, 0.15) is 6.29 Å². The minimum absolute atomic E-state index is 0.224. The van der Waals surface area contributed by atoms with Crippen molar-refractivity contribution < 1.29 is 15.0 Å². The van der Waals surface area contributed by atoms with Crippen LogP contribution in [0.2, 0.25) is 0 Å². The molecule has 1 aromatic rings. The SMILES string of the molecule is Cc1cc(SCC(O)CO)ccc1C=O. The molecular formula is C11H14O3S. The maximum atomic E-state index is 10.6. The Labute approximate surface area is 93.1 Å². The molecule has 0 amide bonds. The molecular weight excluding hydrogens is 212 g/mol. The summed E-state index contributed by atoms with van der Waals surface area (Å²) in [5, 5.41) is 17.8. The first kappa shape index (κ1) is 12.2. The molecule has 4 heteroatoms. The molecule has 0 bridgehead atoms. The molecule has 1 aromatic carbocycles. The Bertz CT molecular complexity index is 339. The van der Waals surface area contributed by atoms with Crippen LogP contribution in [0.15, 0.2) is 23.1 Å². The Hall–Kier alpha value is -0.840. The number of aliphatic hydroxyl groups is 2. The first-order chi connectivity index (χ1) is 7.17. The highest BCUT2D eigenvalue weighted by atomic mass is 32.2. The molecule has 0 fully saturated rings. The number of aldehydes is 1. The fraction of sp³-hybridized carbons (Fsp3) is 0.364. The second-order valence-corrected chi connectivity index (χ2v) is 4.38. The Kier molecular flexibility index (Phi) is 4.81. The first-order valence-corrected chi connectivity index (χ1v) is 5.63. The number of benzene rings is 1. The zero-order chi connectivity index (χ0) is 11.3. The largest absolute Gasteiger partial charge is 0.394 e. The third-order valence-electron chi connectivity index (χ3n) is 2.02. The molecule has 2 N–H and O–H groups in total. The van der Waals surface area contributed by atoms with Crippen molar-refractivity contribution in [1.29, 1.82) is 0 Å². The number of hydrogen-bond acceptors (Lipinski definition) is 4. The third-order valence-corrected chi connectivity index (χ3v) is 3.16. The number of aliphatic hydroxyl groups excluding tert-OH is 2. The summed E-state index contributed by atoms with van der Waals surface area (Å²) < 4.78 is 0. The lowest BCUT2D eigenvalue weighted by molar-refractivity contribution is 0.112. The Balaban J connectivity index is 2.63. The predicted octanol–water partition coefficient (Wildman–Crippen LogP) is 1.25. The van der Waals surface area contributed by atoms with Crippen molar-refractivity contribution in [2.75, 3.05) is 12.4 Å². The predicted molar refractivity (Wildman–Crippen MR) is 60.4 cm³/mol. The van der Waals surface area contributed by atoms with Gasteiger partial charge in [0.05, 0.1) is 12.7 Å². The van der Waals surface area contributed by atoms with Gasteiger partial charge in [-0.05, 0) is 24.6 Å². The molecule has 82 valence electrons. The summed E-state index contributed by atoms with van der Waals surface area (Å²) in [6.07, 6.45) is 0.132. The normalized spacial score (nSPS) is 12.5. The van der Waals surface area contributed by atoms with Crippen LogP contribution in [0.1, 0.15) is 15.9 Å². The lowest BCUT2D eigenvalue weighted by Crippen LogP contribution is -2.14. The summed E-state index contributed by atoms with van der Waals surface area (Å²) >= 11 is 1.46. The summed E-state index contributed by atoms with van der Waals surface area (Å²) in [4.78, 5) is 11.6. The molecule has 0 radical (unpaired) electrons. The van der Waals surface area contributed by atoms with Crippen LogP contribution in [0.25, 0.3) is 0 Å². The number of aryl methyl sites for hydroxylation is 1. The van der Waals surface area contributed by atoms with E-state index in [1.54, 1.807) is 6.07 Å². The molecule has 0 aliphatic carbocycles. The molecule has 0 spiro atoms. The molecule has 15 heavy (non-hydrogen) atoms. The van der Waals surface area contributed by atoms with Crippen molar-refractivity contribution in [2.24, 2.45) is 0 Å². The van der Waals surface area contributed by atoms with Crippen LogP contribution in [0, 0.1) is 6.92 Å². The Morgan fingerprint density at radius 1 is 1.53 bits per heavy atom. The summed E-state index contributed by atoms with van der Waals surface area (Å²) in [5.41, 5.74) is 1.61. The summed E-state index contributed by atoms with van der Waals surface area (Å²) in [5.74, 6) is 0.455. The van der Waals surface area contributed by atoms with Gasteiger partial charge >= 0.3 is 0 Å². The van der Waals surface area contributed by atoms with Crippen LogP contribution >= 0.6 is 11.8 Å². The van der Waals surface area contributed by atoms with Crippen LogP contribution in [0.4, 0.5) is 0 Å². The van der Waals surface area contributed by atoms with Gasteiger partial charge in [-0.3, -0.25) is 4.79 Å². The highest BCUT2D eigenvalue weighted by Crippen LogP contribution is 2.21. The van der Waals surface area contributed by atoms with E-state index in [-0.39, 0.29) is 6.61 Å². The van der Waals surface area contributed by atoms with E-state index >= 15 is 0 Å². The zero-order valence-corrected chi connectivity index (χ0v) is 9.33. The van der Waals surface area contributed by atoms with Crippen LogP contribution in [-0.2, 0) is 0 Å². The van der Waals surface area contributed by atoms with E-state index in [0.717, 1.165) is 16.7 Å². The van der Waals surface area contributed by atoms with Gasteiger partial charge in [0.15, 0.2) is 0 Å². The van der Waals surface area contributed by atoms with Gasteiger partial charge < -0.3 is 10.2 Å². The van der Waals surface area contributed by atoms with E-state index in [2.05, 4.69) is 0 Å². The fourth-order valence-corrected chi connectivity index (χ4v) is 2.03. The Morgan fingerprint density at radius 3 is 2.80 bits per heavy atom. The number of rotatable bonds is 5. The van der Waals surface area contributed by atoms with Crippen molar-refractivity contribution in [1.82, 2.24) is 0 Å². The van der Waals surface area contributed by atoms with Gasteiger partial charge in [0.25, 0.3) is 0 Å². The number of thioether (sulfide) groups is 1. The molecule has 1 atom stereocenters. The molecule has 0 aromatic heterocycles. The number of carbonyl (C=O) groups excluding carboxylic acids is 1. The molecule has 1 rings (SSSR count). The van der Waals surface area contributed by atoms with Crippen LogP contribution in [0.5, 0.6) is 0 Å². The summed E-state index contributed by atoms with van der Waals surface area (Å²) in [6, 6.07) is 5.50. The lowest BCUT2D eigenvalue weighted by atomic mass is 10.1. The van der Waals surface area contributed by atoms with E-state index in [0.29, 0.717) is 11.3 Å². The van der Waals surface area contributed by atoms with Gasteiger partial charge in [0.2, 0.25) is 0 Å². The molecule has 0 saturated heterocycles. The average molecular weight is 226 g/mol.